The van der Waals surface area contributed by atoms with Crippen molar-refractivity contribution in [3.05, 3.63) is 35.4 Å². The van der Waals surface area contributed by atoms with E-state index in [4.69, 9.17) is 5.73 Å². The van der Waals surface area contributed by atoms with Crippen LogP contribution >= 0.6 is 0 Å². The number of sulfonamides is 1. The molecular formula is C15H21N3O4S. The molecule has 0 aromatic heterocycles. The van der Waals surface area contributed by atoms with Gasteiger partial charge >= 0.3 is 0 Å². The lowest BCUT2D eigenvalue weighted by Crippen LogP contribution is -2.49. The van der Waals surface area contributed by atoms with Gasteiger partial charge in [0.1, 0.15) is 0 Å². The third kappa shape index (κ3) is 3.95. The van der Waals surface area contributed by atoms with Crippen molar-refractivity contribution in [2.75, 3.05) is 18.8 Å². The van der Waals surface area contributed by atoms with E-state index in [-0.39, 0.29) is 37.1 Å². The summed E-state index contributed by atoms with van der Waals surface area (Å²) in [6, 6.07) is 6.57. The van der Waals surface area contributed by atoms with Crippen LogP contribution in [0, 0.1) is 0 Å². The number of nitrogens with zero attached hydrogens (tertiary/aromatic N) is 1. The third-order valence-corrected chi connectivity index (χ3v) is 5.30. The Hall–Kier alpha value is -1.77. The molecule has 7 nitrogen and oxygen atoms in total. The largest absolute Gasteiger partial charge is 0.329 e. The second kappa shape index (κ2) is 6.38. The summed E-state index contributed by atoms with van der Waals surface area (Å²) in [7, 11) is -3.52. The standard InChI is InChI=1S/C15H21N3O4S/c1-15(2,10-16)17-23(21,22)9-5-8-18-13(19)11-6-3-4-7-12(11)14(18)20/h3-4,6-7,17H,5,8-10,16H2,1-2H3. The van der Waals surface area contributed by atoms with Crippen LogP contribution in [0.15, 0.2) is 24.3 Å². The van der Waals surface area contributed by atoms with Crippen LogP contribution in [0.3, 0.4) is 0 Å². The second-order valence-corrected chi connectivity index (χ2v) is 8.01. The molecule has 0 spiro atoms. The molecule has 2 amide bonds. The first-order valence-electron chi connectivity index (χ1n) is 7.34. The average molecular weight is 339 g/mol. The van der Waals surface area contributed by atoms with Crippen molar-refractivity contribution in [2.45, 2.75) is 25.8 Å². The van der Waals surface area contributed by atoms with Gasteiger partial charge in [0, 0.05) is 18.6 Å². The summed E-state index contributed by atoms with van der Waals surface area (Å²) in [4.78, 5) is 25.4. The number of nitrogens with two attached hydrogens (primary N) is 1. The molecule has 2 rings (SSSR count). The van der Waals surface area contributed by atoms with Crippen molar-refractivity contribution >= 4 is 21.8 Å². The minimum atomic E-state index is -3.52. The van der Waals surface area contributed by atoms with Gasteiger partial charge in [-0.25, -0.2) is 13.1 Å². The maximum atomic E-state index is 12.2. The highest BCUT2D eigenvalue weighted by atomic mass is 32.2. The molecule has 0 atom stereocenters. The Labute approximate surface area is 135 Å². The quantitative estimate of drug-likeness (QED) is 0.696. The molecule has 0 bridgehead atoms. The zero-order chi connectivity index (χ0) is 17.3. The molecule has 8 heteroatoms. The first kappa shape index (κ1) is 17.6. The van der Waals surface area contributed by atoms with Crippen LogP contribution in [0.1, 0.15) is 41.0 Å². The molecule has 0 aliphatic carbocycles. The van der Waals surface area contributed by atoms with Gasteiger partial charge in [-0.3, -0.25) is 14.5 Å². The first-order valence-corrected chi connectivity index (χ1v) is 8.99. The number of nitrogens with one attached hydrogen (secondary N) is 1. The van der Waals surface area contributed by atoms with Crippen LogP contribution in [-0.2, 0) is 10.0 Å². The lowest BCUT2D eigenvalue weighted by molar-refractivity contribution is 0.0654. The molecule has 0 saturated heterocycles. The molecular weight excluding hydrogens is 318 g/mol. The highest BCUT2D eigenvalue weighted by Gasteiger charge is 2.35. The molecule has 1 aromatic rings. The number of amides is 2. The lowest BCUT2D eigenvalue weighted by Gasteiger charge is -2.24. The summed E-state index contributed by atoms with van der Waals surface area (Å²) < 4.78 is 26.5. The smallest absolute Gasteiger partial charge is 0.261 e. The number of rotatable bonds is 7. The van der Waals surface area contributed by atoms with Crippen LogP contribution in [0.2, 0.25) is 0 Å². The number of hydrogen-bond acceptors (Lipinski definition) is 5. The number of fused-ring (bicyclic) bond motifs is 1. The van der Waals surface area contributed by atoms with Gasteiger partial charge in [0.15, 0.2) is 0 Å². The molecule has 1 heterocycles. The van der Waals surface area contributed by atoms with Gasteiger partial charge in [-0.1, -0.05) is 12.1 Å². The maximum Gasteiger partial charge on any atom is 0.261 e. The Morgan fingerprint density at radius 2 is 1.65 bits per heavy atom. The van der Waals surface area contributed by atoms with E-state index in [0.717, 1.165) is 4.90 Å². The molecule has 0 radical (unpaired) electrons. The van der Waals surface area contributed by atoms with E-state index in [2.05, 4.69) is 4.72 Å². The zero-order valence-electron chi connectivity index (χ0n) is 13.2. The SMILES string of the molecule is CC(C)(CN)NS(=O)(=O)CCCN1C(=O)c2ccccc2C1=O. The normalized spacial score (nSPS) is 15.2. The second-order valence-electron chi connectivity index (χ2n) is 6.17. The predicted molar refractivity (Wildman–Crippen MR) is 86.5 cm³/mol. The minimum absolute atomic E-state index is 0.0658. The highest BCUT2D eigenvalue weighted by Crippen LogP contribution is 2.22. The minimum Gasteiger partial charge on any atom is -0.329 e. The summed E-state index contributed by atoms with van der Waals surface area (Å²) in [5.41, 5.74) is 5.50. The average Bonchev–Trinajstić information content (AvgIpc) is 2.71. The van der Waals surface area contributed by atoms with E-state index in [9.17, 15) is 18.0 Å². The van der Waals surface area contributed by atoms with E-state index < -0.39 is 15.6 Å². The Bertz CT molecular complexity index is 693. The van der Waals surface area contributed by atoms with Gasteiger partial charge in [0.05, 0.1) is 16.9 Å². The summed E-state index contributed by atoms with van der Waals surface area (Å²) >= 11 is 0. The van der Waals surface area contributed by atoms with E-state index in [1.807, 2.05) is 0 Å². The van der Waals surface area contributed by atoms with Crippen LogP contribution in [0.4, 0.5) is 0 Å². The van der Waals surface area contributed by atoms with Crippen molar-refractivity contribution in [1.82, 2.24) is 9.62 Å². The van der Waals surface area contributed by atoms with Gasteiger partial charge in [-0.15, -0.1) is 0 Å². The molecule has 0 saturated carbocycles. The van der Waals surface area contributed by atoms with E-state index in [0.29, 0.717) is 11.1 Å². The van der Waals surface area contributed by atoms with Gasteiger partial charge in [0.25, 0.3) is 11.8 Å². The Morgan fingerprint density at radius 1 is 1.13 bits per heavy atom. The molecule has 1 aliphatic heterocycles. The fraction of sp³-hybridized carbons (Fsp3) is 0.467. The van der Waals surface area contributed by atoms with Crippen molar-refractivity contribution in [3.63, 3.8) is 0 Å². The first-order chi connectivity index (χ1) is 10.7. The molecule has 0 unspecified atom stereocenters. The predicted octanol–water partition coefficient (Wildman–Crippen LogP) is 0.329. The monoisotopic (exact) mass is 339 g/mol. The molecule has 3 N–H and O–H groups in total. The van der Waals surface area contributed by atoms with Gasteiger partial charge in [0.2, 0.25) is 10.0 Å². The van der Waals surface area contributed by atoms with E-state index in [1.165, 1.54) is 0 Å². The van der Waals surface area contributed by atoms with E-state index >= 15 is 0 Å². The Morgan fingerprint density at radius 3 is 2.13 bits per heavy atom. The fourth-order valence-corrected chi connectivity index (χ4v) is 3.91. The number of imide groups is 1. The topological polar surface area (TPSA) is 110 Å². The number of benzene rings is 1. The lowest BCUT2D eigenvalue weighted by atomic mass is 10.1. The van der Waals surface area contributed by atoms with Crippen LogP contribution < -0.4 is 10.5 Å². The number of carbonyl (C=O) groups is 2. The number of carbonyl (C=O) groups excluding carboxylic acids is 2. The van der Waals surface area contributed by atoms with Crippen LogP contribution in [0.5, 0.6) is 0 Å². The molecule has 0 fully saturated rings. The number of hydrogen-bond donors (Lipinski definition) is 2. The van der Waals surface area contributed by atoms with Gasteiger partial charge < -0.3 is 5.73 Å². The Balaban J connectivity index is 1.96. The summed E-state index contributed by atoms with van der Waals surface area (Å²) in [6.45, 7) is 3.62. The Kier molecular flexibility index (Phi) is 4.88. The fourth-order valence-electron chi connectivity index (χ4n) is 2.37. The van der Waals surface area contributed by atoms with Crippen molar-refractivity contribution in [3.8, 4) is 0 Å². The highest BCUT2D eigenvalue weighted by molar-refractivity contribution is 7.89. The molecule has 1 aromatic carbocycles. The van der Waals surface area contributed by atoms with Crippen LogP contribution in [-0.4, -0.2) is 49.5 Å². The van der Waals surface area contributed by atoms with Gasteiger partial charge in [-0.2, -0.15) is 0 Å². The molecule has 126 valence electrons. The third-order valence-electron chi connectivity index (χ3n) is 3.62. The molecule has 23 heavy (non-hydrogen) atoms. The van der Waals surface area contributed by atoms with Crippen LogP contribution in [0.25, 0.3) is 0 Å². The van der Waals surface area contributed by atoms with Crippen molar-refractivity contribution < 1.29 is 18.0 Å². The van der Waals surface area contributed by atoms with E-state index in [1.54, 1.807) is 38.1 Å². The van der Waals surface area contributed by atoms with Crippen molar-refractivity contribution in [2.24, 2.45) is 5.73 Å². The summed E-state index contributed by atoms with van der Waals surface area (Å²) in [5, 5.41) is 0. The molecule has 1 aliphatic rings. The zero-order valence-corrected chi connectivity index (χ0v) is 14.0. The van der Waals surface area contributed by atoms with Gasteiger partial charge in [-0.05, 0) is 32.4 Å². The maximum absolute atomic E-state index is 12.2. The summed E-state index contributed by atoms with van der Waals surface area (Å²) in [6.07, 6.45) is 0.168. The summed E-state index contributed by atoms with van der Waals surface area (Å²) in [5.74, 6) is -0.930. The van der Waals surface area contributed by atoms with Crippen molar-refractivity contribution in [1.29, 1.82) is 0 Å².